The molecule has 0 aliphatic rings. The average molecular weight is 827 g/mol. The fourth-order valence-corrected chi connectivity index (χ4v) is 5.51. The first-order valence-corrected chi connectivity index (χ1v) is 19.8. The Bertz CT molecular complexity index is 1400. The van der Waals surface area contributed by atoms with Crippen molar-refractivity contribution in [1.29, 1.82) is 0 Å². The molecule has 0 spiro atoms. The Morgan fingerprint density at radius 2 is 1.12 bits per heavy atom. The number of nitrogens with one attached hydrogen (secondary N) is 7. The number of aliphatic imine (C=N–C) groups is 1. The van der Waals surface area contributed by atoms with Gasteiger partial charge >= 0.3 is 5.97 Å². The fourth-order valence-electron chi connectivity index (χ4n) is 5.51. The number of nitrogens with zero attached hydrogens (tertiary/aromatic N) is 1. The largest absolute Gasteiger partial charge is 0.480 e. The van der Waals surface area contributed by atoms with Gasteiger partial charge in [-0.05, 0) is 83.1 Å². The summed E-state index contributed by atoms with van der Waals surface area (Å²) in [6, 6.07) is -7.57. The lowest BCUT2D eigenvalue weighted by molar-refractivity contribution is -0.142. The van der Waals surface area contributed by atoms with Gasteiger partial charge in [0.25, 0.3) is 0 Å². The number of rotatable bonds is 28. The molecule has 332 valence electrons. The van der Waals surface area contributed by atoms with Gasteiger partial charge in [0, 0.05) is 6.54 Å². The minimum Gasteiger partial charge on any atom is -0.480 e. The molecule has 21 nitrogen and oxygen atoms in total. The molecule has 0 heterocycles. The number of carbonyl (C=O) groups is 8. The first-order chi connectivity index (χ1) is 27.0. The number of amides is 7. The van der Waals surface area contributed by atoms with Crippen LogP contribution in [0.2, 0.25) is 0 Å². The van der Waals surface area contributed by atoms with Crippen LogP contribution < -0.4 is 60.2 Å². The Morgan fingerprint density at radius 1 is 0.586 bits per heavy atom. The van der Waals surface area contributed by atoms with E-state index in [4.69, 9.17) is 22.9 Å². The first kappa shape index (κ1) is 52.9. The summed E-state index contributed by atoms with van der Waals surface area (Å²) in [7, 11) is 0. The summed E-state index contributed by atoms with van der Waals surface area (Å²) in [6.07, 6.45) is 1.99. The Hall–Kier alpha value is -5.05. The predicted octanol–water partition coefficient (Wildman–Crippen LogP) is -2.61. The lowest BCUT2D eigenvalue weighted by Crippen LogP contribution is -2.59. The first-order valence-electron chi connectivity index (χ1n) is 19.8. The third kappa shape index (κ3) is 22.0. The minimum absolute atomic E-state index is 0.0200. The molecule has 0 radical (unpaired) electrons. The van der Waals surface area contributed by atoms with Crippen molar-refractivity contribution in [3.8, 4) is 0 Å². The Labute approximate surface area is 341 Å². The maximum absolute atomic E-state index is 13.5. The van der Waals surface area contributed by atoms with Gasteiger partial charge in [-0.2, -0.15) is 0 Å². The molecule has 58 heavy (non-hydrogen) atoms. The molecule has 7 amide bonds. The zero-order valence-electron chi connectivity index (χ0n) is 35.3. The molecule has 0 bridgehead atoms. The number of carboxylic acids is 1. The van der Waals surface area contributed by atoms with Gasteiger partial charge in [0.05, 0.1) is 12.6 Å². The van der Waals surface area contributed by atoms with Crippen molar-refractivity contribution in [1.82, 2.24) is 37.2 Å². The maximum atomic E-state index is 13.5. The molecule has 7 unspecified atom stereocenters. The second-order valence-corrected chi connectivity index (χ2v) is 15.6. The van der Waals surface area contributed by atoms with Gasteiger partial charge < -0.3 is 65.3 Å². The summed E-state index contributed by atoms with van der Waals surface area (Å²) in [6.45, 7) is 13.6. The molecule has 0 aromatic heterocycles. The predicted molar refractivity (Wildman–Crippen MR) is 218 cm³/mol. The van der Waals surface area contributed by atoms with Crippen LogP contribution in [0.15, 0.2) is 4.99 Å². The van der Waals surface area contributed by atoms with E-state index in [9.17, 15) is 43.5 Å². The van der Waals surface area contributed by atoms with E-state index in [1.807, 2.05) is 27.7 Å². The Kier molecular flexibility index (Phi) is 25.2. The van der Waals surface area contributed by atoms with Crippen LogP contribution in [-0.2, 0) is 38.4 Å². The molecule has 21 heteroatoms. The van der Waals surface area contributed by atoms with Crippen LogP contribution in [0.1, 0.15) is 100 Å². The highest BCUT2D eigenvalue weighted by atomic mass is 16.4. The zero-order valence-corrected chi connectivity index (χ0v) is 35.3. The third-order valence-electron chi connectivity index (χ3n) is 8.73. The van der Waals surface area contributed by atoms with E-state index in [1.54, 1.807) is 13.8 Å². The molecule has 0 aliphatic heterocycles. The van der Waals surface area contributed by atoms with E-state index in [1.165, 1.54) is 13.8 Å². The molecule has 0 rings (SSSR count). The summed E-state index contributed by atoms with van der Waals surface area (Å²) in [5.74, 6) is -6.52. The molecule has 0 aliphatic carbocycles. The van der Waals surface area contributed by atoms with Crippen molar-refractivity contribution in [2.75, 3.05) is 19.6 Å². The summed E-state index contributed by atoms with van der Waals surface area (Å²) >= 11 is 0. The van der Waals surface area contributed by atoms with Crippen molar-refractivity contribution >= 4 is 53.3 Å². The Balaban J connectivity index is 5.60. The number of guanidine groups is 1. The van der Waals surface area contributed by atoms with E-state index < -0.39 is 102 Å². The van der Waals surface area contributed by atoms with Gasteiger partial charge in [0.2, 0.25) is 41.4 Å². The lowest BCUT2D eigenvalue weighted by atomic mass is 9.99. The molecular weight excluding hydrogens is 756 g/mol. The van der Waals surface area contributed by atoms with Crippen LogP contribution in [0.4, 0.5) is 0 Å². The van der Waals surface area contributed by atoms with Crippen molar-refractivity contribution in [2.45, 2.75) is 143 Å². The molecule has 0 aromatic carbocycles. The van der Waals surface area contributed by atoms with E-state index in [0.29, 0.717) is 25.8 Å². The lowest BCUT2D eigenvalue weighted by Gasteiger charge is -2.27. The number of carboxylic acid groups (broad SMARTS) is 1. The van der Waals surface area contributed by atoms with Crippen LogP contribution in [0.3, 0.4) is 0 Å². The van der Waals surface area contributed by atoms with Crippen molar-refractivity contribution in [3.05, 3.63) is 0 Å². The smallest absolute Gasteiger partial charge is 0.326 e. The fraction of sp³-hybridized carbons (Fsp3) is 0.757. The molecule has 16 N–H and O–H groups in total. The number of carbonyl (C=O) groups excluding carboxylic acids is 7. The molecule has 7 atom stereocenters. The van der Waals surface area contributed by atoms with Crippen LogP contribution in [0, 0.1) is 17.8 Å². The highest BCUT2D eigenvalue weighted by molar-refractivity contribution is 5.96. The summed E-state index contributed by atoms with van der Waals surface area (Å²) in [5, 5.41) is 27.4. The molecular formula is C37H70N12O9. The average Bonchev–Trinajstić information content (AvgIpc) is 3.12. The second-order valence-electron chi connectivity index (χ2n) is 15.6. The second kappa shape index (κ2) is 27.6. The minimum atomic E-state index is -1.29. The van der Waals surface area contributed by atoms with E-state index in [-0.39, 0.29) is 50.0 Å². The summed E-state index contributed by atoms with van der Waals surface area (Å²) < 4.78 is 0. The highest BCUT2D eigenvalue weighted by Gasteiger charge is 2.32. The molecule has 0 saturated carbocycles. The van der Waals surface area contributed by atoms with Crippen molar-refractivity contribution in [3.63, 3.8) is 0 Å². The topological polar surface area (TPSA) is 357 Å². The van der Waals surface area contributed by atoms with Gasteiger partial charge in [0.1, 0.15) is 36.3 Å². The highest BCUT2D eigenvalue weighted by Crippen LogP contribution is 2.09. The molecule has 0 aromatic rings. The number of aliphatic carboxylic acids is 1. The summed E-state index contributed by atoms with van der Waals surface area (Å²) in [4.78, 5) is 107. The number of hydrogen-bond donors (Lipinski definition) is 12. The number of unbranched alkanes of at least 4 members (excludes halogenated alkanes) is 1. The van der Waals surface area contributed by atoms with Gasteiger partial charge in [-0.1, -0.05) is 41.5 Å². The maximum Gasteiger partial charge on any atom is 0.326 e. The van der Waals surface area contributed by atoms with Crippen molar-refractivity contribution in [2.24, 2.45) is 45.7 Å². The zero-order chi connectivity index (χ0) is 44.7. The third-order valence-corrected chi connectivity index (χ3v) is 8.73. The normalized spacial score (nSPS) is 14.8. The molecule has 0 saturated heterocycles. The number of nitrogens with two attached hydrogens (primary N) is 4. The van der Waals surface area contributed by atoms with E-state index in [0.717, 1.165) is 0 Å². The van der Waals surface area contributed by atoms with Crippen LogP contribution in [-0.4, -0.2) is 120 Å². The van der Waals surface area contributed by atoms with Gasteiger partial charge in [0.15, 0.2) is 5.96 Å². The van der Waals surface area contributed by atoms with Gasteiger partial charge in [-0.25, -0.2) is 4.79 Å². The van der Waals surface area contributed by atoms with Gasteiger partial charge in [-0.3, -0.25) is 38.6 Å². The van der Waals surface area contributed by atoms with Crippen LogP contribution in [0.25, 0.3) is 0 Å². The standard InChI is InChI=1S/C37H70N12O9/c1-19(2)16-24(39)32(53)45-22(7)30(51)44-23(8)31(52)49-29(21(5)6)35(56)48-27(17-20(3)4)33(54)43-18-28(50)46-25(12-9-10-14-38)34(55)47-26(36(57)58)13-11-15-42-37(40)41/h19-27,29H,9-18,38-39H2,1-8H3,(H,43,54)(H,44,51)(H,45,53)(H,46,50)(H,47,55)(H,48,56)(H,49,52)(H,57,58)(H4,40,41,42). The van der Waals surface area contributed by atoms with Crippen molar-refractivity contribution < 1.29 is 43.5 Å². The molecule has 0 fully saturated rings. The van der Waals surface area contributed by atoms with Crippen LogP contribution >= 0.6 is 0 Å². The van der Waals surface area contributed by atoms with E-state index in [2.05, 4.69) is 42.2 Å². The van der Waals surface area contributed by atoms with Crippen LogP contribution in [0.5, 0.6) is 0 Å². The van der Waals surface area contributed by atoms with E-state index >= 15 is 0 Å². The monoisotopic (exact) mass is 827 g/mol. The number of hydrogen-bond acceptors (Lipinski definition) is 11. The summed E-state index contributed by atoms with van der Waals surface area (Å²) in [5.41, 5.74) is 22.1. The SMILES string of the molecule is CC(C)CC(N)C(=O)NC(C)C(=O)NC(C)C(=O)NC(C(=O)NC(CC(C)C)C(=O)NCC(=O)NC(CCCCN)C(=O)NC(CCCN=C(N)N)C(=O)O)C(C)C. The quantitative estimate of drug-likeness (QED) is 0.0219. The Morgan fingerprint density at radius 3 is 1.64 bits per heavy atom. The van der Waals surface area contributed by atoms with Gasteiger partial charge in [-0.15, -0.1) is 0 Å².